The lowest BCUT2D eigenvalue weighted by atomic mass is 9.83. The molecule has 208 valence electrons. The zero-order valence-electron chi connectivity index (χ0n) is 21.8. The number of hydrogen-bond donors (Lipinski definition) is 0. The Kier molecular flexibility index (Phi) is 10.7. The summed E-state index contributed by atoms with van der Waals surface area (Å²) in [5.41, 5.74) is 1.62. The van der Waals surface area contributed by atoms with Crippen molar-refractivity contribution in [3.8, 4) is 0 Å². The van der Waals surface area contributed by atoms with Crippen LogP contribution in [0.25, 0.3) is 0 Å². The van der Waals surface area contributed by atoms with Crippen molar-refractivity contribution in [3.05, 3.63) is 81.9 Å². The average molecular weight is 536 g/mol. The van der Waals surface area contributed by atoms with E-state index in [9.17, 15) is 14.9 Å². The molecule has 0 spiro atoms. The molecule has 1 saturated heterocycles. The molecule has 38 heavy (non-hydrogen) atoms. The summed E-state index contributed by atoms with van der Waals surface area (Å²) in [5, 5.41) is 11.5. The Hall–Kier alpha value is -2.95. The molecule has 0 radical (unpaired) electrons. The van der Waals surface area contributed by atoms with E-state index in [1.54, 1.807) is 12.1 Å². The molecule has 0 aromatic heterocycles. The molecule has 1 aliphatic rings. The number of ether oxygens (including phenoxy) is 4. The second-order valence-electron chi connectivity index (χ2n) is 9.40. The van der Waals surface area contributed by atoms with Gasteiger partial charge in [-0.05, 0) is 24.5 Å². The molecule has 0 saturated carbocycles. The molecule has 1 heterocycles. The lowest BCUT2D eigenvalue weighted by Gasteiger charge is -2.47. The molecule has 2 aromatic carbocycles. The van der Waals surface area contributed by atoms with Crippen molar-refractivity contribution >= 4 is 5.97 Å². The number of halogens is 2. The van der Waals surface area contributed by atoms with Crippen molar-refractivity contribution in [3.63, 3.8) is 0 Å². The largest absolute Gasteiger partial charge is 0.461 e. The Morgan fingerprint density at radius 2 is 1.53 bits per heavy atom. The molecule has 1 fully saturated rings. The number of esters is 1. The molecule has 0 bridgehead atoms. The number of carbonyl (C=O) groups is 1. The van der Waals surface area contributed by atoms with Gasteiger partial charge in [-0.2, -0.15) is 0 Å². The molecule has 8 nitrogen and oxygen atoms in total. The van der Waals surface area contributed by atoms with Crippen molar-refractivity contribution in [1.29, 1.82) is 0 Å². The quantitative estimate of drug-likeness (QED) is 0.197. The molecule has 0 aliphatic carbocycles. The number of nitrogens with zero attached hydrogens (tertiary/aromatic N) is 1. The van der Waals surface area contributed by atoms with E-state index in [1.165, 1.54) is 6.92 Å². The second kappa shape index (κ2) is 13.7. The molecule has 6 atom stereocenters. The number of nitro groups is 1. The number of benzene rings is 2. The first-order valence-corrected chi connectivity index (χ1v) is 12.8. The summed E-state index contributed by atoms with van der Waals surface area (Å²) in [7, 11) is 0. The smallest absolute Gasteiger partial charge is 0.381 e. The van der Waals surface area contributed by atoms with Gasteiger partial charge in [0.05, 0.1) is 38.4 Å². The van der Waals surface area contributed by atoms with Gasteiger partial charge in [-0.1, -0.05) is 74.5 Å². The van der Waals surface area contributed by atoms with Gasteiger partial charge in [0.25, 0.3) is 5.92 Å². The Labute approximate surface area is 221 Å². The van der Waals surface area contributed by atoms with Crippen LogP contribution < -0.4 is 0 Å². The zero-order chi connectivity index (χ0) is 27.7. The summed E-state index contributed by atoms with van der Waals surface area (Å²) in [6.45, 7) is 5.13. The van der Waals surface area contributed by atoms with E-state index in [4.69, 9.17) is 14.2 Å². The van der Waals surface area contributed by atoms with Gasteiger partial charge in [0.15, 0.2) is 6.10 Å². The van der Waals surface area contributed by atoms with Gasteiger partial charge in [0.1, 0.15) is 6.10 Å². The molecule has 0 N–H and O–H groups in total. The number of rotatable bonds is 13. The van der Waals surface area contributed by atoms with Gasteiger partial charge in [-0.15, -0.1) is 0 Å². The molecule has 10 heteroatoms. The molecule has 2 aromatic rings. The van der Waals surface area contributed by atoms with Crippen LogP contribution in [0.2, 0.25) is 0 Å². The number of hydrogen-bond acceptors (Lipinski definition) is 7. The molecular formula is C28H35F2NO7. The van der Waals surface area contributed by atoms with Gasteiger partial charge in [-0.25, -0.2) is 13.6 Å². The van der Waals surface area contributed by atoms with Gasteiger partial charge in [0.2, 0.25) is 0 Å². The van der Waals surface area contributed by atoms with Gasteiger partial charge < -0.3 is 18.9 Å². The third kappa shape index (κ3) is 7.55. The van der Waals surface area contributed by atoms with Gasteiger partial charge >= 0.3 is 12.0 Å². The first kappa shape index (κ1) is 29.6. The summed E-state index contributed by atoms with van der Waals surface area (Å²) < 4.78 is 54.6. The lowest BCUT2D eigenvalue weighted by Crippen LogP contribution is -2.62. The predicted molar refractivity (Wildman–Crippen MR) is 135 cm³/mol. The summed E-state index contributed by atoms with van der Waals surface area (Å²) >= 11 is 0. The van der Waals surface area contributed by atoms with Crippen LogP contribution in [0.15, 0.2) is 60.7 Å². The first-order chi connectivity index (χ1) is 18.2. The molecule has 3 rings (SSSR count). The minimum Gasteiger partial charge on any atom is -0.461 e. The van der Waals surface area contributed by atoms with Crippen molar-refractivity contribution in [2.24, 2.45) is 5.92 Å². The minimum atomic E-state index is -3.80. The fourth-order valence-corrected chi connectivity index (χ4v) is 4.70. The highest BCUT2D eigenvalue weighted by atomic mass is 19.3. The average Bonchev–Trinajstić information content (AvgIpc) is 2.91. The second-order valence-corrected chi connectivity index (χ2v) is 9.40. The Bertz CT molecular complexity index is 1020. The van der Waals surface area contributed by atoms with E-state index in [0.29, 0.717) is 6.42 Å². The molecule has 1 aliphatic heterocycles. The maximum atomic E-state index is 15.9. The SMILES string of the molecule is CCOC(=O)C(CC(F)(F)[C@H]1O[C@H](CC)[C@H](C)[C@H](OCc2ccccc2)[C@H]1OCc1ccccc1)[N+](=O)[O-]. The summed E-state index contributed by atoms with van der Waals surface area (Å²) in [6, 6.07) is 16.1. The van der Waals surface area contributed by atoms with Crippen LogP contribution in [-0.4, -0.2) is 53.9 Å². The molecule has 0 amide bonds. The first-order valence-electron chi connectivity index (χ1n) is 12.8. The van der Waals surface area contributed by atoms with E-state index >= 15 is 8.78 Å². The normalized spacial score (nSPS) is 24.5. The third-order valence-electron chi connectivity index (χ3n) is 6.72. The van der Waals surface area contributed by atoms with E-state index in [-0.39, 0.29) is 25.7 Å². The highest BCUT2D eigenvalue weighted by molar-refractivity contribution is 5.74. The summed E-state index contributed by atoms with van der Waals surface area (Å²) in [5.74, 6) is -5.42. The maximum absolute atomic E-state index is 15.9. The highest BCUT2D eigenvalue weighted by Crippen LogP contribution is 2.41. The van der Waals surface area contributed by atoms with Crippen LogP contribution in [0, 0.1) is 16.0 Å². The van der Waals surface area contributed by atoms with Crippen LogP contribution in [0.5, 0.6) is 0 Å². The van der Waals surface area contributed by atoms with Crippen molar-refractivity contribution < 1.29 is 37.4 Å². The summed E-state index contributed by atoms with van der Waals surface area (Å²) in [4.78, 5) is 22.6. The predicted octanol–water partition coefficient (Wildman–Crippen LogP) is 5.20. The van der Waals surface area contributed by atoms with E-state index in [1.807, 2.05) is 62.4 Å². The maximum Gasteiger partial charge on any atom is 0.381 e. The highest BCUT2D eigenvalue weighted by Gasteiger charge is 2.58. The standard InChI is InChI=1S/C28H35F2NO7/c1-4-23-19(3)24(36-17-20-12-8-6-9-13-20)25(37-18-21-14-10-7-11-15-21)26(38-23)28(29,30)16-22(31(33)34)27(32)35-5-2/h6-15,19,22-26H,4-5,16-18H2,1-3H3/t19-,22?,23+,24-,25+,26-/m0/s1. The fraction of sp³-hybridized carbons (Fsp3) is 0.536. The van der Waals surface area contributed by atoms with E-state index in [0.717, 1.165) is 11.1 Å². The van der Waals surface area contributed by atoms with Crippen LogP contribution in [0.1, 0.15) is 44.7 Å². The molecular weight excluding hydrogens is 500 g/mol. The van der Waals surface area contributed by atoms with Gasteiger partial charge in [-0.3, -0.25) is 10.1 Å². The van der Waals surface area contributed by atoms with Gasteiger partial charge in [0, 0.05) is 10.8 Å². The Balaban J connectivity index is 1.93. The van der Waals surface area contributed by atoms with Crippen LogP contribution in [0.4, 0.5) is 8.78 Å². The Morgan fingerprint density at radius 1 is 1.00 bits per heavy atom. The van der Waals surface area contributed by atoms with Crippen LogP contribution in [-0.2, 0) is 37.0 Å². The third-order valence-corrected chi connectivity index (χ3v) is 6.72. The monoisotopic (exact) mass is 535 g/mol. The number of carbonyl (C=O) groups excluding carboxylic acids is 1. The van der Waals surface area contributed by atoms with Crippen LogP contribution >= 0.6 is 0 Å². The minimum absolute atomic E-state index is 0.00664. The van der Waals surface area contributed by atoms with Crippen LogP contribution in [0.3, 0.4) is 0 Å². The number of alkyl halides is 2. The lowest BCUT2D eigenvalue weighted by molar-refractivity contribution is -0.517. The summed E-state index contributed by atoms with van der Waals surface area (Å²) in [6.07, 6.45) is -5.53. The topological polar surface area (TPSA) is 97.1 Å². The van der Waals surface area contributed by atoms with E-state index < -0.39 is 53.7 Å². The fourth-order valence-electron chi connectivity index (χ4n) is 4.70. The zero-order valence-corrected chi connectivity index (χ0v) is 21.8. The Morgan fingerprint density at radius 3 is 2.00 bits per heavy atom. The van der Waals surface area contributed by atoms with Crippen molar-refractivity contribution in [1.82, 2.24) is 0 Å². The van der Waals surface area contributed by atoms with Crippen molar-refractivity contribution in [2.45, 2.75) is 83.2 Å². The van der Waals surface area contributed by atoms with Crippen molar-refractivity contribution in [2.75, 3.05) is 6.61 Å². The van der Waals surface area contributed by atoms with E-state index in [2.05, 4.69) is 4.74 Å². The molecule has 1 unspecified atom stereocenters.